The van der Waals surface area contributed by atoms with Crippen molar-refractivity contribution < 1.29 is 14.6 Å². The van der Waals surface area contributed by atoms with E-state index in [0.29, 0.717) is 22.2 Å². The van der Waals surface area contributed by atoms with Crippen molar-refractivity contribution in [2.24, 2.45) is 5.92 Å². The van der Waals surface area contributed by atoms with Gasteiger partial charge in [-0.05, 0) is 24.5 Å². The number of ether oxygens (including phenoxy) is 1. The zero-order valence-corrected chi connectivity index (χ0v) is 11.1. The van der Waals surface area contributed by atoms with Crippen LogP contribution in [0.4, 0.5) is 0 Å². The quantitative estimate of drug-likeness (QED) is 0.888. The molecule has 0 saturated heterocycles. The van der Waals surface area contributed by atoms with Gasteiger partial charge in [-0.15, -0.1) is 0 Å². The predicted octanol–water partition coefficient (Wildman–Crippen LogP) is 3.87. The topological polar surface area (TPSA) is 46.5 Å². The third kappa shape index (κ3) is 4.44. The average molecular weight is 277 g/mol. The summed E-state index contributed by atoms with van der Waals surface area (Å²) in [5.74, 6) is -0.337. The van der Waals surface area contributed by atoms with Crippen LogP contribution in [-0.4, -0.2) is 17.2 Å². The van der Waals surface area contributed by atoms with Gasteiger partial charge in [-0.2, -0.15) is 0 Å². The summed E-state index contributed by atoms with van der Waals surface area (Å²) in [6.45, 7) is 3.88. The fraction of sp³-hybridized carbons (Fsp3) is 0.417. The van der Waals surface area contributed by atoms with E-state index in [-0.39, 0.29) is 5.92 Å². The molecule has 0 aliphatic rings. The van der Waals surface area contributed by atoms with Crippen molar-refractivity contribution in [2.45, 2.75) is 26.4 Å². The monoisotopic (exact) mass is 276 g/mol. The van der Waals surface area contributed by atoms with Gasteiger partial charge in [0.05, 0.1) is 10.0 Å². The number of carboxylic acids is 1. The van der Waals surface area contributed by atoms with Gasteiger partial charge in [-0.25, -0.2) is 4.79 Å². The maximum atomic E-state index is 11.0. The molecule has 0 aliphatic carbocycles. The maximum absolute atomic E-state index is 11.0. The van der Waals surface area contributed by atoms with Gasteiger partial charge in [0, 0.05) is 6.07 Å². The van der Waals surface area contributed by atoms with Crippen molar-refractivity contribution in [3.05, 3.63) is 28.2 Å². The van der Waals surface area contributed by atoms with E-state index >= 15 is 0 Å². The van der Waals surface area contributed by atoms with Gasteiger partial charge in [0.15, 0.2) is 6.10 Å². The zero-order chi connectivity index (χ0) is 13.0. The van der Waals surface area contributed by atoms with Crippen molar-refractivity contribution in [2.75, 3.05) is 0 Å². The van der Waals surface area contributed by atoms with Gasteiger partial charge in [-0.1, -0.05) is 37.0 Å². The van der Waals surface area contributed by atoms with Crippen LogP contribution in [-0.2, 0) is 4.79 Å². The van der Waals surface area contributed by atoms with Crippen LogP contribution in [0.5, 0.6) is 5.75 Å². The third-order valence-corrected chi connectivity index (χ3v) is 2.87. The first-order valence-electron chi connectivity index (χ1n) is 5.24. The number of rotatable bonds is 5. The highest BCUT2D eigenvalue weighted by Crippen LogP contribution is 2.27. The number of carboxylic acid groups (broad SMARTS) is 1. The molecule has 3 nitrogen and oxygen atoms in total. The van der Waals surface area contributed by atoms with Gasteiger partial charge in [0.25, 0.3) is 0 Å². The van der Waals surface area contributed by atoms with E-state index in [0.717, 1.165) is 0 Å². The lowest BCUT2D eigenvalue weighted by Gasteiger charge is -2.17. The Kier molecular flexibility index (Phi) is 5.09. The summed E-state index contributed by atoms with van der Waals surface area (Å²) in [7, 11) is 0. The van der Waals surface area contributed by atoms with Crippen LogP contribution in [0.3, 0.4) is 0 Å². The van der Waals surface area contributed by atoms with Crippen molar-refractivity contribution in [3.63, 3.8) is 0 Å². The average Bonchev–Trinajstić information content (AvgIpc) is 2.21. The zero-order valence-electron chi connectivity index (χ0n) is 9.61. The van der Waals surface area contributed by atoms with Crippen LogP contribution in [0.25, 0.3) is 0 Å². The molecular formula is C12H14Cl2O3. The van der Waals surface area contributed by atoms with Gasteiger partial charge in [-0.3, -0.25) is 0 Å². The van der Waals surface area contributed by atoms with E-state index in [1.807, 2.05) is 13.8 Å². The largest absolute Gasteiger partial charge is 0.479 e. The number of halogens is 2. The van der Waals surface area contributed by atoms with E-state index in [1.54, 1.807) is 12.1 Å². The number of benzene rings is 1. The molecule has 0 aliphatic heterocycles. The van der Waals surface area contributed by atoms with E-state index in [9.17, 15) is 4.79 Å². The minimum Gasteiger partial charge on any atom is -0.479 e. The normalized spacial score (nSPS) is 12.5. The maximum Gasteiger partial charge on any atom is 0.344 e. The van der Waals surface area contributed by atoms with Gasteiger partial charge in [0.1, 0.15) is 5.75 Å². The van der Waals surface area contributed by atoms with Crippen LogP contribution >= 0.6 is 23.2 Å². The minimum absolute atomic E-state index is 0.235. The molecule has 0 fully saturated rings. The molecule has 1 aromatic rings. The summed E-state index contributed by atoms with van der Waals surface area (Å²) >= 11 is 11.6. The first kappa shape index (κ1) is 14.1. The standard InChI is InChI=1S/C12H14Cl2O3/c1-7(2)5-11(12(15)16)17-8-3-4-9(13)10(14)6-8/h3-4,6-7,11H,5H2,1-2H3,(H,15,16). The second kappa shape index (κ2) is 6.12. The molecule has 0 amide bonds. The Labute approximate surface area is 110 Å². The van der Waals surface area contributed by atoms with E-state index in [1.165, 1.54) is 6.07 Å². The summed E-state index contributed by atoms with van der Waals surface area (Å²) in [5, 5.41) is 9.78. The van der Waals surface area contributed by atoms with Crippen molar-refractivity contribution >= 4 is 29.2 Å². The van der Waals surface area contributed by atoms with Crippen LogP contribution in [0, 0.1) is 5.92 Å². The highest BCUT2D eigenvalue weighted by atomic mass is 35.5. The molecule has 1 rings (SSSR count). The van der Waals surface area contributed by atoms with E-state index in [4.69, 9.17) is 33.0 Å². The number of carbonyl (C=O) groups is 1. The third-order valence-electron chi connectivity index (χ3n) is 2.13. The molecule has 0 heterocycles. The number of aliphatic carboxylic acids is 1. The predicted molar refractivity (Wildman–Crippen MR) is 68.0 cm³/mol. The van der Waals surface area contributed by atoms with Crippen LogP contribution in [0.1, 0.15) is 20.3 Å². The molecule has 0 aromatic heterocycles. The van der Waals surface area contributed by atoms with Crippen LogP contribution in [0.2, 0.25) is 10.0 Å². The molecule has 1 atom stereocenters. The smallest absolute Gasteiger partial charge is 0.344 e. The lowest BCUT2D eigenvalue weighted by atomic mass is 10.1. The van der Waals surface area contributed by atoms with Gasteiger partial charge in [0.2, 0.25) is 0 Å². The molecule has 5 heteroatoms. The summed E-state index contributed by atoms with van der Waals surface area (Å²) in [6.07, 6.45) is -0.428. The second-order valence-electron chi connectivity index (χ2n) is 4.15. The fourth-order valence-electron chi connectivity index (χ4n) is 1.34. The Morgan fingerprint density at radius 2 is 2.00 bits per heavy atom. The highest BCUT2D eigenvalue weighted by Gasteiger charge is 2.20. The molecule has 0 radical (unpaired) electrons. The lowest BCUT2D eigenvalue weighted by Crippen LogP contribution is -2.28. The number of hydrogen-bond donors (Lipinski definition) is 1. The number of hydrogen-bond acceptors (Lipinski definition) is 2. The highest BCUT2D eigenvalue weighted by molar-refractivity contribution is 6.42. The molecular weight excluding hydrogens is 263 g/mol. The Hall–Kier alpha value is -0.930. The van der Waals surface area contributed by atoms with Gasteiger partial charge < -0.3 is 9.84 Å². The Balaban J connectivity index is 2.78. The molecule has 1 aromatic carbocycles. The van der Waals surface area contributed by atoms with E-state index < -0.39 is 12.1 Å². The molecule has 0 bridgehead atoms. The van der Waals surface area contributed by atoms with Crippen molar-refractivity contribution in [1.29, 1.82) is 0 Å². The van der Waals surface area contributed by atoms with Crippen molar-refractivity contribution in [3.8, 4) is 5.75 Å². The minimum atomic E-state index is -0.982. The SMILES string of the molecule is CC(C)CC(Oc1ccc(Cl)c(Cl)c1)C(=O)O. The van der Waals surface area contributed by atoms with E-state index in [2.05, 4.69) is 0 Å². The van der Waals surface area contributed by atoms with Gasteiger partial charge >= 0.3 is 5.97 Å². The summed E-state index contributed by atoms with van der Waals surface area (Å²) in [4.78, 5) is 11.0. The molecule has 0 spiro atoms. The molecule has 0 saturated carbocycles. The molecule has 1 unspecified atom stereocenters. The second-order valence-corrected chi connectivity index (χ2v) is 4.96. The van der Waals surface area contributed by atoms with Crippen molar-refractivity contribution in [1.82, 2.24) is 0 Å². The lowest BCUT2D eigenvalue weighted by molar-refractivity contribution is -0.145. The van der Waals surface area contributed by atoms with Crippen LogP contribution < -0.4 is 4.74 Å². The van der Waals surface area contributed by atoms with Crippen LogP contribution in [0.15, 0.2) is 18.2 Å². The Morgan fingerprint density at radius 1 is 1.35 bits per heavy atom. The summed E-state index contributed by atoms with van der Waals surface area (Å²) in [5.41, 5.74) is 0. The molecule has 94 valence electrons. The molecule has 17 heavy (non-hydrogen) atoms. The first-order chi connectivity index (χ1) is 7.90. The summed E-state index contributed by atoms with van der Waals surface area (Å²) in [6, 6.07) is 4.69. The first-order valence-corrected chi connectivity index (χ1v) is 6.00. The molecule has 1 N–H and O–H groups in total. The Morgan fingerprint density at radius 3 is 2.47 bits per heavy atom. The summed E-state index contributed by atoms with van der Waals surface area (Å²) < 4.78 is 5.38. The Bertz CT molecular complexity index is 405. The fourth-order valence-corrected chi connectivity index (χ4v) is 1.63.